The largest absolute Gasteiger partial charge is 0.206 e. The van der Waals surface area contributed by atoms with Gasteiger partial charge in [0.1, 0.15) is 5.82 Å². The number of hydrogen-bond acceptors (Lipinski definition) is 0. The van der Waals surface area contributed by atoms with Crippen molar-refractivity contribution in [2.24, 2.45) is 0 Å². The Balaban J connectivity index is 1.89. The van der Waals surface area contributed by atoms with Crippen molar-refractivity contribution in [1.82, 2.24) is 0 Å². The molecule has 0 saturated carbocycles. The van der Waals surface area contributed by atoms with Gasteiger partial charge in [-0.1, -0.05) is 70.5 Å². The summed E-state index contributed by atoms with van der Waals surface area (Å²) in [5.74, 6) is -0.226. The van der Waals surface area contributed by atoms with Crippen molar-refractivity contribution >= 4 is 42.6 Å². The van der Waals surface area contributed by atoms with Gasteiger partial charge in [0, 0.05) is 4.83 Å². The van der Waals surface area contributed by atoms with Gasteiger partial charge in [0.2, 0.25) is 0 Å². The Kier molecular flexibility index (Phi) is 4.41. The smallest absolute Gasteiger partial charge is 0.137 e. The fourth-order valence-corrected chi connectivity index (χ4v) is 4.05. The molecule has 0 aliphatic heterocycles. The molecular weight excluding hydrogens is 395 g/mol. The highest BCUT2D eigenvalue weighted by Crippen LogP contribution is 2.34. The molecule has 3 aromatic rings. The first-order valence-corrected chi connectivity index (χ1v) is 8.41. The number of halogens is 3. The molecule has 1 atom stereocenters. The molecule has 3 aromatic carbocycles. The van der Waals surface area contributed by atoms with E-state index in [-0.39, 0.29) is 10.6 Å². The molecular formula is C18H13Br2F. The van der Waals surface area contributed by atoms with Crippen LogP contribution in [0.1, 0.15) is 16.0 Å². The third-order valence-corrected chi connectivity index (χ3v) is 5.20. The van der Waals surface area contributed by atoms with Crippen LogP contribution in [0.15, 0.2) is 65.1 Å². The Morgan fingerprint density at radius 1 is 0.905 bits per heavy atom. The van der Waals surface area contributed by atoms with E-state index in [4.69, 9.17) is 0 Å². The molecule has 0 aromatic heterocycles. The van der Waals surface area contributed by atoms with Crippen molar-refractivity contribution < 1.29 is 4.39 Å². The van der Waals surface area contributed by atoms with Crippen molar-refractivity contribution in [3.8, 4) is 0 Å². The minimum atomic E-state index is -0.226. The summed E-state index contributed by atoms with van der Waals surface area (Å²) in [6.45, 7) is 0. The van der Waals surface area contributed by atoms with Crippen LogP contribution in [-0.4, -0.2) is 0 Å². The maximum Gasteiger partial charge on any atom is 0.137 e. The van der Waals surface area contributed by atoms with Crippen molar-refractivity contribution in [2.75, 3.05) is 0 Å². The van der Waals surface area contributed by atoms with E-state index in [0.717, 1.165) is 12.0 Å². The zero-order valence-electron chi connectivity index (χ0n) is 11.2. The summed E-state index contributed by atoms with van der Waals surface area (Å²) in [6, 6.07) is 19.9. The van der Waals surface area contributed by atoms with Gasteiger partial charge >= 0.3 is 0 Å². The van der Waals surface area contributed by atoms with Crippen LogP contribution in [0.5, 0.6) is 0 Å². The highest BCUT2D eigenvalue weighted by Gasteiger charge is 2.14. The van der Waals surface area contributed by atoms with Crippen LogP contribution < -0.4 is 0 Å². The third-order valence-electron chi connectivity index (χ3n) is 3.55. The van der Waals surface area contributed by atoms with Gasteiger partial charge < -0.3 is 0 Å². The van der Waals surface area contributed by atoms with E-state index in [1.807, 2.05) is 18.2 Å². The summed E-state index contributed by atoms with van der Waals surface area (Å²) < 4.78 is 14.2. The molecule has 0 spiro atoms. The standard InChI is InChI=1S/C18H13Br2F/c19-16(15-6-3-7-17(21)18(15)20)11-12-8-9-13-4-1-2-5-14(13)10-12/h1-10,16H,11H2. The van der Waals surface area contributed by atoms with Gasteiger partial charge in [0.25, 0.3) is 0 Å². The van der Waals surface area contributed by atoms with Gasteiger partial charge in [-0.3, -0.25) is 0 Å². The van der Waals surface area contributed by atoms with E-state index in [9.17, 15) is 4.39 Å². The lowest BCUT2D eigenvalue weighted by atomic mass is 10.0. The summed E-state index contributed by atoms with van der Waals surface area (Å²) >= 11 is 7.00. The summed E-state index contributed by atoms with van der Waals surface area (Å²) in [7, 11) is 0. The number of benzene rings is 3. The molecule has 3 rings (SSSR count). The molecule has 0 nitrogen and oxygen atoms in total. The second kappa shape index (κ2) is 6.29. The zero-order valence-corrected chi connectivity index (χ0v) is 14.4. The molecule has 0 aliphatic rings. The zero-order chi connectivity index (χ0) is 14.8. The van der Waals surface area contributed by atoms with E-state index in [0.29, 0.717) is 4.47 Å². The summed E-state index contributed by atoms with van der Waals surface area (Å²) in [4.78, 5) is 0.0729. The van der Waals surface area contributed by atoms with Crippen LogP contribution in [0, 0.1) is 5.82 Å². The van der Waals surface area contributed by atoms with E-state index in [1.54, 1.807) is 6.07 Å². The predicted octanol–water partition coefficient (Wildman–Crippen LogP) is 6.42. The van der Waals surface area contributed by atoms with Gasteiger partial charge in [-0.15, -0.1) is 0 Å². The molecule has 0 saturated heterocycles. The molecule has 0 N–H and O–H groups in total. The maximum atomic E-state index is 13.6. The average Bonchev–Trinajstić information content (AvgIpc) is 2.50. The maximum absolute atomic E-state index is 13.6. The molecule has 0 radical (unpaired) electrons. The van der Waals surface area contributed by atoms with Crippen molar-refractivity contribution in [1.29, 1.82) is 0 Å². The van der Waals surface area contributed by atoms with E-state index < -0.39 is 0 Å². The number of alkyl halides is 1. The summed E-state index contributed by atoms with van der Waals surface area (Å²) in [5.41, 5.74) is 2.16. The highest BCUT2D eigenvalue weighted by molar-refractivity contribution is 9.11. The highest BCUT2D eigenvalue weighted by atomic mass is 79.9. The first-order chi connectivity index (χ1) is 10.1. The molecule has 0 aliphatic carbocycles. The summed E-state index contributed by atoms with van der Waals surface area (Å²) in [5, 5.41) is 2.47. The molecule has 0 bridgehead atoms. The quantitative estimate of drug-likeness (QED) is 0.439. The Labute approximate surface area is 140 Å². The molecule has 0 amide bonds. The van der Waals surface area contributed by atoms with Gasteiger partial charge in [-0.25, -0.2) is 4.39 Å². The third kappa shape index (κ3) is 3.19. The fourth-order valence-electron chi connectivity index (χ4n) is 2.45. The minimum Gasteiger partial charge on any atom is -0.206 e. The number of hydrogen-bond donors (Lipinski definition) is 0. The van der Waals surface area contributed by atoms with Gasteiger partial charge in [0.05, 0.1) is 4.47 Å². The number of rotatable bonds is 3. The van der Waals surface area contributed by atoms with Crippen LogP contribution in [0.4, 0.5) is 4.39 Å². The van der Waals surface area contributed by atoms with E-state index in [2.05, 4.69) is 62.2 Å². The van der Waals surface area contributed by atoms with Crippen LogP contribution in [0.25, 0.3) is 10.8 Å². The fraction of sp³-hybridized carbons (Fsp3) is 0.111. The van der Waals surface area contributed by atoms with Crippen molar-refractivity contribution in [3.05, 3.63) is 82.1 Å². The Bertz CT molecular complexity index is 783. The topological polar surface area (TPSA) is 0 Å². The average molecular weight is 408 g/mol. The van der Waals surface area contributed by atoms with Gasteiger partial charge in [-0.2, -0.15) is 0 Å². The van der Waals surface area contributed by atoms with Crippen LogP contribution >= 0.6 is 31.9 Å². The van der Waals surface area contributed by atoms with E-state index >= 15 is 0 Å². The Hall–Kier alpha value is -1.19. The number of fused-ring (bicyclic) bond motifs is 1. The van der Waals surface area contributed by atoms with Crippen molar-refractivity contribution in [3.63, 3.8) is 0 Å². The SMILES string of the molecule is Fc1cccc(C(Br)Cc2ccc3ccccc3c2)c1Br. The predicted molar refractivity (Wildman–Crippen MR) is 93.4 cm³/mol. The normalized spacial score (nSPS) is 12.5. The lowest BCUT2D eigenvalue weighted by Crippen LogP contribution is -1.98. The molecule has 1 unspecified atom stereocenters. The first-order valence-electron chi connectivity index (χ1n) is 6.71. The second-order valence-electron chi connectivity index (χ2n) is 5.00. The van der Waals surface area contributed by atoms with Gasteiger partial charge in [0.15, 0.2) is 0 Å². The molecule has 0 fully saturated rings. The Morgan fingerprint density at radius 2 is 1.67 bits per heavy atom. The Morgan fingerprint density at radius 3 is 2.48 bits per heavy atom. The first kappa shape index (κ1) is 14.7. The lowest BCUT2D eigenvalue weighted by molar-refractivity contribution is 0.617. The van der Waals surface area contributed by atoms with Gasteiger partial charge in [-0.05, 0) is 50.3 Å². The molecule has 21 heavy (non-hydrogen) atoms. The van der Waals surface area contributed by atoms with Crippen molar-refractivity contribution in [2.45, 2.75) is 11.2 Å². The molecule has 106 valence electrons. The second-order valence-corrected chi connectivity index (χ2v) is 6.89. The van der Waals surface area contributed by atoms with E-state index in [1.165, 1.54) is 22.4 Å². The minimum absolute atomic E-state index is 0.0729. The van der Waals surface area contributed by atoms with Crippen LogP contribution in [0.2, 0.25) is 0 Å². The lowest BCUT2D eigenvalue weighted by Gasteiger charge is -2.13. The molecule has 0 heterocycles. The molecule has 3 heteroatoms. The van der Waals surface area contributed by atoms with Crippen LogP contribution in [-0.2, 0) is 6.42 Å². The van der Waals surface area contributed by atoms with Crippen LogP contribution in [0.3, 0.4) is 0 Å². The summed E-state index contributed by atoms with van der Waals surface area (Å²) in [6.07, 6.45) is 0.812. The monoisotopic (exact) mass is 406 g/mol.